The van der Waals surface area contributed by atoms with Crippen LogP contribution in [0.2, 0.25) is 0 Å². The highest BCUT2D eigenvalue weighted by molar-refractivity contribution is 5.94. The maximum atomic E-state index is 12.0. The molecule has 2 N–H and O–H groups in total. The number of anilines is 1. The number of nitrogens with one attached hydrogen (secondary N) is 2. The molecule has 0 aliphatic heterocycles. The Kier molecular flexibility index (Phi) is 3.88. The molecule has 1 aliphatic rings. The Morgan fingerprint density at radius 2 is 2.19 bits per heavy atom. The smallest absolute Gasteiger partial charge is 0.238 e. The van der Waals surface area contributed by atoms with Crippen molar-refractivity contribution in [1.29, 1.82) is 0 Å². The summed E-state index contributed by atoms with van der Waals surface area (Å²) in [7, 11) is 1.87. The Hall–Kier alpha value is -1.95. The molecule has 6 heteroatoms. The summed E-state index contributed by atoms with van der Waals surface area (Å²) >= 11 is 0. The summed E-state index contributed by atoms with van der Waals surface area (Å²) in [5, 5.41) is 11.5. The van der Waals surface area contributed by atoms with Crippen molar-refractivity contribution in [1.82, 2.24) is 20.1 Å². The standard InChI is InChI=1S/C15H21N5O/c1-10-13-7-12(8-17-15(13)20(2)19-10)18-14(21)9-16-11-5-3-4-6-11/h7-8,11,16H,3-6,9H2,1-2H3,(H,18,21). The number of rotatable bonds is 4. The van der Waals surface area contributed by atoms with Crippen LogP contribution in [0, 0.1) is 6.92 Å². The van der Waals surface area contributed by atoms with Gasteiger partial charge in [-0.15, -0.1) is 0 Å². The van der Waals surface area contributed by atoms with Gasteiger partial charge in [-0.05, 0) is 25.8 Å². The SMILES string of the molecule is Cc1nn(C)c2ncc(NC(=O)CNC3CCCC3)cc12. The number of amides is 1. The molecular weight excluding hydrogens is 266 g/mol. The predicted octanol–water partition coefficient (Wildman–Crippen LogP) is 1.75. The molecule has 0 unspecified atom stereocenters. The Morgan fingerprint density at radius 3 is 2.95 bits per heavy atom. The highest BCUT2D eigenvalue weighted by Gasteiger charge is 2.15. The molecule has 0 atom stereocenters. The Bertz CT molecular complexity index is 657. The van der Waals surface area contributed by atoms with Crippen molar-refractivity contribution in [3.8, 4) is 0 Å². The maximum Gasteiger partial charge on any atom is 0.238 e. The van der Waals surface area contributed by atoms with Crippen LogP contribution in [-0.2, 0) is 11.8 Å². The first-order valence-corrected chi connectivity index (χ1v) is 7.46. The summed E-state index contributed by atoms with van der Waals surface area (Å²) in [6, 6.07) is 2.43. The van der Waals surface area contributed by atoms with E-state index in [2.05, 4.69) is 20.7 Å². The number of pyridine rings is 1. The van der Waals surface area contributed by atoms with Crippen LogP contribution in [0.25, 0.3) is 11.0 Å². The number of hydrogen-bond acceptors (Lipinski definition) is 4. The number of aromatic nitrogens is 3. The van der Waals surface area contributed by atoms with Crippen LogP contribution < -0.4 is 10.6 Å². The lowest BCUT2D eigenvalue weighted by atomic mass is 10.2. The van der Waals surface area contributed by atoms with Crippen LogP contribution in [-0.4, -0.2) is 33.3 Å². The van der Waals surface area contributed by atoms with E-state index in [0.717, 1.165) is 22.4 Å². The fourth-order valence-electron chi connectivity index (χ4n) is 2.95. The van der Waals surface area contributed by atoms with E-state index < -0.39 is 0 Å². The van der Waals surface area contributed by atoms with Crippen molar-refractivity contribution in [2.24, 2.45) is 7.05 Å². The van der Waals surface area contributed by atoms with Crippen molar-refractivity contribution >= 4 is 22.6 Å². The molecule has 6 nitrogen and oxygen atoms in total. The molecule has 1 saturated carbocycles. The van der Waals surface area contributed by atoms with Crippen LogP contribution in [0.15, 0.2) is 12.3 Å². The highest BCUT2D eigenvalue weighted by Crippen LogP contribution is 2.19. The molecule has 21 heavy (non-hydrogen) atoms. The third-order valence-electron chi connectivity index (χ3n) is 4.05. The van der Waals surface area contributed by atoms with E-state index in [0.29, 0.717) is 12.6 Å². The second-order valence-corrected chi connectivity index (χ2v) is 5.71. The average molecular weight is 287 g/mol. The van der Waals surface area contributed by atoms with Crippen molar-refractivity contribution in [3.63, 3.8) is 0 Å². The zero-order valence-electron chi connectivity index (χ0n) is 12.5. The number of nitrogens with zero attached hydrogens (tertiary/aromatic N) is 3. The van der Waals surface area contributed by atoms with Gasteiger partial charge in [-0.25, -0.2) is 4.98 Å². The van der Waals surface area contributed by atoms with Crippen LogP contribution >= 0.6 is 0 Å². The van der Waals surface area contributed by atoms with Crippen molar-refractivity contribution in [3.05, 3.63) is 18.0 Å². The third-order valence-corrected chi connectivity index (χ3v) is 4.05. The first-order chi connectivity index (χ1) is 10.1. The summed E-state index contributed by atoms with van der Waals surface area (Å²) in [5.41, 5.74) is 2.46. The van der Waals surface area contributed by atoms with E-state index in [4.69, 9.17) is 0 Å². The summed E-state index contributed by atoms with van der Waals surface area (Å²) in [5.74, 6) is -0.0235. The maximum absolute atomic E-state index is 12.0. The van der Waals surface area contributed by atoms with E-state index >= 15 is 0 Å². The lowest BCUT2D eigenvalue weighted by Crippen LogP contribution is -2.34. The molecule has 0 saturated heterocycles. The molecule has 0 bridgehead atoms. The van der Waals surface area contributed by atoms with E-state index in [-0.39, 0.29) is 5.91 Å². The molecule has 1 fully saturated rings. The van der Waals surface area contributed by atoms with Gasteiger partial charge in [-0.3, -0.25) is 9.48 Å². The van der Waals surface area contributed by atoms with Gasteiger partial charge in [0.15, 0.2) is 5.65 Å². The van der Waals surface area contributed by atoms with Crippen molar-refractivity contribution in [2.45, 2.75) is 38.6 Å². The summed E-state index contributed by atoms with van der Waals surface area (Å²) in [6.45, 7) is 2.30. The van der Waals surface area contributed by atoms with Gasteiger partial charge >= 0.3 is 0 Å². The Labute approximate surface area is 123 Å². The van der Waals surface area contributed by atoms with E-state index in [1.165, 1.54) is 25.7 Å². The van der Waals surface area contributed by atoms with Crippen LogP contribution in [0.5, 0.6) is 0 Å². The summed E-state index contributed by atoms with van der Waals surface area (Å²) < 4.78 is 1.75. The number of hydrogen-bond donors (Lipinski definition) is 2. The fourth-order valence-corrected chi connectivity index (χ4v) is 2.95. The molecular formula is C15H21N5O. The highest BCUT2D eigenvalue weighted by atomic mass is 16.1. The van der Waals surface area contributed by atoms with Gasteiger partial charge in [0.25, 0.3) is 0 Å². The lowest BCUT2D eigenvalue weighted by molar-refractivity contribution is -0.115. The molecule has 3 rings (SSSR count). The normalized spacial score (nSPS) is 15.7. The van der Waals surface area contributed by atoms with Crippen LogP contribution in [0.1, 0.15) is 31.4 Å². The van der Waals surface area contributed by atoms with Gasteiger partial charge < -0.3 is 10.6 Å². The van der Waals surface area contributed by atoms with Gasteiger partial charge in [0.05, 0.1) is 24.1 Å². The molecule has 112 valence electrons. The quantitative estimate of drug-likeness (QED) is 0.898. The van der Waals surface area contributed by atoms with Gasteiger partial charge in [0.1, 0.15) is 0 Å². The Morgan fingerprint density at radius 1 is 1.43 bits per heavy atom. The van der Waals surface area contributed by atoms with Crippen molar-refractivity contribution < 1.29 is 4.79 Å². The zero-order valence-corrected chi connectivity index (χ0v) is 12.5. The minimum absolute atomic E-state index is 0.0235. The molecule has 2 heterocycles. The molecule has 0 radical (unpaired) electrons. The number of aryl methyl sites for hydroxylation is 2. The van der Waals surface area contributed by atoms with E-state index in [1.807, 2.05) is 20.0 Å². The molecule has 1 amide bonds. The van der Waals surface area contributed by atoms with E-state index in [1.54, 1.807) is 10.9 Å². The van der Waals surface area contributed by atoms with Crippen molar-refractivity contribution in [2.75, 3.05) is 11.9 Å². The van der Waals surface area contributed by atoms with Gasteiger partial charge in [0.2, 0.25) is 5.91 Å². The molecule has 2 aromatic rings. The fraction of sp³-hybridized carbons (Fsp3) is 0.533. The number of carbonyl (C=O) groups excluding carboxylic acids is 1. The van der Waals surface area contributed by atoms with Crippen LogP contribution in [0.3, 0.4) is 0 Å². The monoisotopic (exact) mass is 287 g/mol. The second-order valence-electron chi connectivity index (χ2n) is 5.71. The topological polar surface area (TPSA) is 71.8 Å². The Balaban J connectivity index is 1.63. The number of fused-ring (bicyclic) bond motifs is 1. The predicted molar refractivity (Wildman–Crippen MR) is 82.1 cm³/mol. The zero-order chi connectivity index (χ0) is 14.8. The second kappa shape index (κ2) is 5.81. The van der Waals surface area contributed by atoms with E-state index in [9.17, 15) is 4.79 Å². The number of carbonyl (C=O) groups is 1. The van der Waals surface area contributed by atoms with Crippen LogP contribution in [0.4, 0.5) is 5.69 Å². The van der Waals surface area contributed by atoms with Gasteiger partial charge in [-0.1, -0.05) is 12.8 Å². The molecule has 0 spiro atoms. The minimum Gasteiger partial charge on any atom is -0.324 e. The average Bonchev–Trinajstić information content (AvgIpc) is 3.06. The first kappa shape index (κ1) is 14.0. The first-order valence-electron chi connectivity index (χ1n) is 7.46. The molecule has 2 aromatic heterocycles. The minimum atomic E-state index is -0.0235. The van der Waals surface area contributed by atoms with Gasteiger partial charge in [-0.2, -0.15) is 5.10 Å². The lowest BCUT2D eigenvalue weighted by Gasteiger charge is -2.11. The summed E-state index contributed by atoms with van der Waals surface area (Å²) in [6.07, 6.45) is 6.56. The molecule has 0 aromatic carbocycles. The van der Waals surface area contributed by atoms with Gasteiger partial charge in [0, 0.05) is 18.5 Å². The third kappa shape index (κ3) is 3.05. The largest absolute Gasteiger partial charge is 0.324 e. The molecule has 1 aliphatic carbocycles. The summed E-state index contributed by atoms with van der Waals surface area (Å²) in [4.78, 5) is 16.3.